The van der Waals surface area contributed by atoms with Gasteiger partial charge in [0.05, 0.1) is 4.88 Å². The van der Waals surface area contributed by atoms with Crippen molar-refractivity contribution in [2.45, 2.75) is 26.3 Å². The Morgan fingerprint density at radius 1 is 1.50 bits per heavy atom. The predicted octanol–water partition coefficient (Wildman–Crippen LogP) is 2.48. The van der Waals surface area contributed by atoms with Crippen molar-refractivity contribution in [2.24, 2.45) is 0 Å². The standard InChI is InChI=1S/C9H13NOS/c1-9(2,3)10(11)7-8-5-4-6-12-8/h4-7H,1-3H3/b10-7+. The van der Waals surface area contributed by atoms with Crippen LogP contribution in [-0.2, 0) is 0 Å². The van der Waals surface area contributed by atoms with E-state index in [9.17, 15) is 5.21 Å². The summed E-state index contributed by atoms with van der Waals surface area (Å²) in [6, 6.07) is 3.87. The van der Waals surface area contributed by atoms with E-state index in [-0.39, 0.29) is 5.54 Å². The van der Waals surface area contributed by atoms with E-state index in [0.717, 1.165) is 9.62 Å². The van der Waals surface area contributed by atoms with Crippen molar-refractivity contribution in [2.75, 3.05) is 0 Å². The van der Waals surface area contributed by atoms with E-state index >= 15 is 0 Å². The number of hydroxylamine groups is 1. The van der Waals surface area contributed by atoms with Crippen LogP contribution >= 0.6 is 11.3 Å². The zero-order valence-corrected chi connectivity index (χ0v) is 8.39. The maximum absolute atomic E-state index is 11.4. The highest BCUT2D eigenvalue weighted by atomic mass is 32.1. The second kappa shape index (κ2) is 3.27. The van der Waals surface area contributed by atoms with E-state index in [0.29, 0.717) is 0 Å². The van der Waals surface area contributed by atoms with Gasteiger partial charge in [-0.1, -0.05) is 6.07 Å². The minimum absolute atomic E-state index is 0.343. The largest absolute Gasteiger partial charge is 0.623 e. The van der Waals surface area contributed by atoms with E-state index < -0.39 is 0 Å². The highest BCUT2D eigenvalue weighted by molar-refractivity contribution is 7.11. The van der Waals surface area contributed by atoms with E-state index in [1.165, 1.54) is 0 Å². The normalized spacial score (nSPS) is 13.4. The molecule has 0 radical (unpaired) electrons. The molecule has 12 heavy (non-hydrogen) atoms. The Morgan fingerprint density at radius 3 is 2.58 bits per heavy atom. The molecule has 0 aliphatic carbocycles. The van der Waals surface area contributed by atoms with Crippen LogP contribution in [0.4, 0.5) is 0 Å². The lowest BCUT2D eigenvalue weighted by Gasteiger charge is -2.18. The third kappa shape index (κ3) is 2.34. The number of hydrogen-bond donors (Lipinski definition) is 0. The van der Waals surface area contributed by atoms with Crippen LogP contribution in [0.2, 0.25) is 0 Å². The molecule has 1 aromatic rings. The molecule has 0 spiro atoms. The summed E-state index contributed by atoms with van der Waals surface area (Å²) < 4.78 is 0.985. The monoisotopic (exact) mass is 183 g/mol. The zero-order valence-electron chi connectivity index (χ0n) is 7.57. The Hall–Kier alpha value is -0.830. The molecule has 0 aromatic carbocycles. The van der Waals surface area contributed by atoms with Gasteiger partial charge in [-0.2, -0.15) is 0 Å². The Labute approximate surface area is 76.8 Å². The molecule has 0 amide bonds. The Balaban J connectivity index is 2.84. The van der Waals surface area contributed by atoms with Gasteiger partial charge in [0.25, 0.3) is 0 Å². The molecule has 66 valence electrons. The average Bonchev–Trinajstić information content (AvgIpc) is 2.37. The van der Waals surface area contributed by atoms with Gasteiger partial charge in [0.1, 0.15) is 0 Å². The van der Waals surface area contributed by atoms with Crippen molar-refractivity contribution >= 4 is 17.6 Å². The highest BCUT2D eigenvalue weighted by Gasteiger charge is 2.17. The fourth-order valence-corrected chi connectivity index (χ4v) is 1.30. The molecule has 1 aromatic heterocycles. The van der Waals surface area contributed by atoms with Gasteiger partial charge in [-0.05, 0) is 11.4 Å². The SMILES string of the molecule is CC(C)(C)/[N+]([O-])=C\c1cccs1. The van der Waals surface area contributed by atoms with Crippen molar-refractivity contribution in [1.82, 2.24) is 0 Å². The van der Waals surface area contributed by atoms with Gasteiger partial charge in [-0.3, -0.25) is 0 Å². The fraction of sp³-hybridized carbons (Fsp3) is 0.444. The van der Waals surface area contributed by atoms with E-state index in [2.05, 4.69) is 0 Å². The van der Waals surface area contributed by atoms with E-state index in [4.69, 9.17) is 0 Å². The summed E-state index contributed by atoms with van der Waals surface area (Å²) in [4.78, 5) is 1.000. The average molecular weight is 183 g/mol. The Morgan fingerprint density at radius 2 is 2.17 bits per heavy atom. The summed E-state index contributed by atoms with van der Waals surface area (Å²) in [5.74, 6) is 0. The molecule has 0 bridgehead atoms. The second-order valence-electron chi connectivity index (χ2n) is 3.64. The van der Waals surface area contributed by atoms with Crippen molar-refractivity contribution in [1.29, 1.82) is 0 Å². The third-order valence-corrected chi connectivity index (χ3v) is 2.26. The molecule has 0 saturated heterocycles. The van der Waals surface area contributed by atoms with Crippen molar-refractivity contribution in [3.05, 3.63) is 27.6 Å². The highest BCUT2D eigenvalue weighted by Crippen LogP contribution is 2.09. The molecule has 0 unspecified atom stereocenters. The van der Waals surface area contributed by atoms with E-state index in [1.54, 1.807) is 17.6 Å². The number of nitrogens with zero attached hydrogens (tertiary/aromatic N) is 1. The third-order valence-electron chi connectivity index (χ3n) is 1.45. The van der Waals surface area contributed by atoms with Crippen LogP contribution in [0.5, 0.6) is 0 Å². The van der Waals surface area contributed by atoms with Crippen LogP contribution in [0.25, 0.3) is 0 Å². The maximum Gasteiger partial charge on any atom is 0.192 e. The van der Waals surface area contributed by atoms with Gasteiger partial charge in [0, 0.05) is 20.8 Å². The van der Waals surface area contributed by atoms with Gasteiger partial charge in [-0.15, -0.1) is 11.3 Å². The number of thiophene rings is 1. The van der Waals surface area contributed by atoms with E-state index in [1.807, 2.05) is 38.3 Å². The molecule has 0 aliphatic rings. The molecule has 0 N–H and O–H groups in total. The van der Waals surface area contributed by atoms with Crippen LogP contribution in [-0.4, -0.2) is 16.5 Å². The smallest absolute Gasteiger partial charge is 0.192 e. The lowest BCUT2D eigenvalue weighted by atomic mass is 10.1. The van der Waals surface area contributed by atoms with Gasteiger partial charge in [0.2, 0.25) is 0 Å². The van der Waals surface area contributed by atoms with Crippen LogP contribution in [0.3, 0.4) is 0 Å². The first-order valence-corrected chi connectivity index (χ1v) is 4.73. The zero-order chi connectivity index (χ0) is 9.19. The number of hydrogen-bond acceptors (Lipinski definition) is 2. The van der Waals surface area contributed by atoms with Crippen molar-refractivity contribution in [3.63, 3.8) is 0 Å². The molecule has 2 nitrogen and oxygen atoms in total. The lowest BCUT2D eigenvalue weighted by Crippen LogP contribution is -2.29. The van der Waals surface area contributed by atoms with Gasteiger partial charge in [-0.25, -0.2) is 4.74 Å². The summed E-state index contributed by atoms with van der Waals surface area (Å²) in [6.07, 6.45) is 1.63. The topological polar surface area (TPSA) is 26.1 Å². The van der Waals surface area contributed by atoms with Gasteiger partial charge in [0.15, 0.2) is 11.8 Å². The summed E-state index contributed by atoms with van der Waals surface area (Å²) in [5, 5.41) is 13.4. The summed E-state index contributed by atoms with van der Waals surface area (Å²) in [7, 11) is 0. The van der Waals surface area contributed by atoms with Crippen molar-refractivity contribution < 1.29 is 4.74 Å². The minimum atomic E-state index is -0.343. The summed E-state index contributed by atoms with van der Waals surface area (Å²) in [5.41, 5.74) is -0.343. The van der Waals surface area contributed by atoms with Crippen LogP contribution in [0, 0.1) is 5.21 Å². The molecule has 1 heterocycles. The Bertz CT molecular complexity index is 269. The molecular weight excluding hydrogens is 170 g/mol. The first kappa shape index (κ1) is 9.26. The summed E-state index contributed by atoms with van der Waals surface area (Å²) in [6.45, 7) is 5.68. The van der Waals surface area contributed by atoms with Crippen molar-refractivity contribution in [3.8, 4) is 0 Å². The molecule has 0 atom stereocenters. The first-order chi connectivity index (χ1) is 5.50. The lowest BCUT2D eigenvalue weighted by molar-refractivity contribution is -0.530. The van der Waals surface area contributed by atoms with Crippen LogP contribution in [0.1, 0.15) is 25.6 Å². The summed E-state index contributed by atoms with van der Waals surface area (Å²) >= 11 is 1.57. The molecule has 0 saturated carbocycles. The molecule has 3 heteroatoms. The molecule has 0 aliphatic heterocycles. The van der Waals surface area contributed by atoms with Gasteiger partial charge >= 0.3 is 0 Å². The quantitative estimate of drug-likeness (QED) is 0.284. The molecule has 1 rings (SSSR count). The Kier molecular flexibility index (Phi) is 2.52. The fourth-order valence-electron chi connectivity index (χ4n) is 0.674. The van der Waals surface area contributed by atoms with Gasteiger partial charge < -0.3 is 5.21 Å². The predicted molar refractivity (Wildman–Crippen MR) is 52.9 cm³/mol. The maximum atomic E-state index is 11.4. The molecular formula is C9H13NOS. The first-order valence-electron chi connectivity index (χ1n) is 3.85. The molecule has 0 fully saturated rings. The second-order valence-corrected chi connectivity index (χ2v) is 4.62. The van der Waals surface area contributed by atoms with Crippen LogP contribution in [0.15, 0.2) is 17.5 Å². The minimum Gasteiger partial charge on any atom is -0.623 e. The van der Waals surface area contributed by atoms with Crippen LogP contribution < -0.4 is 0 Å². The number of rotatable bonds is 1.